The Labute approximate surface area is 117 Å². The van der Waals surface area contributed by atoms with E-state index in [4.69, 9.17) is 10.5 Å². The van der Waals surface area contributed by atoms with E-state index >= 15 is 0 Å². The van der Waals surface area contributed by atoms with Crippen molar-refractivity contribution in [2.24, 2.45) is 11.7 Å². The highest BCUT2D eigenvalue weighted by molar-refractivity contribution is 5.94. The Morgan fingerprint density at radius 3 is 2.60 bits per heavy atom. The molecular formula is C14H19N3O3. The molecular weight excluding hydrogens is 258 g/mol. The first-order valence-electron chi connectivity index (χ1n) is 6.79. The second-order valence-corrected chi connectivity index (χ2v) is 4.79. The molecule has 1 aromatic rings. The van der Waals surface area contributed by atoms with Crippen LogP contribution < -0.4 is 10.5 Å². The number of nitrogens with two attached hydrogens (primary N) is 1. The highest BCUT2D eigenvalue weighted by atomic mass is 16.5. The van der Waals surface area contributed by atoms with Crippen molar-refractivity contribution in [2.45, 2.75) is 19.8 Å². The second kappa shape index (κ2) is 6.36. The van der Waals surface area contributed by atoms with Gasteiger partial charge in [0.1, 0.15) is 0 Å². The maximum absolute atomic E-state index is 12.3. The molecule has 0 aliphatic carbocycles. The average molecular weight is 277 g/mol. The minimum absolute atomic E-state index is 0.0662. The van der Waals surface area contributed by atoms with Crippen LogP contribution in [0.3, 0.4) is 0 Å². The number of likely N-dealkylation sites (tertiary alicyclic amines) is 1. The van der Waals surface area contributed by atoms with Crippen molar-refractivity contribution in [3.8, 4) is 5.88 Å². The normalized spacial score (nSPS) is 15.9. The lowest BCUT2D eigenvalue weighted by Gasteiger charge is -2.30. The molecule has 1 fully saturated rings. The predicted molar refractivity (Wildman–Crippen MR) is 73.2 cm³/mol. The molecule has 2 N–H and O–H groups in total. The van der Waals surface area contributed by atoms with Crippen LogP contribution in [-0.4, -0.2) is 41.4 Å². The van der Waals surface area contributed by atoms with Gasteiger partial charge in [0.2, 0.25) is 11.8 Å². The van der Waals surface area contributed by atoms with E-state index in [9.17, 15) is 9.59 Å². The summed E-state index contributed by atoms with van der Waals surface area (Å²) < 4.78 is 5.24. The Morgan fingerprint density at radius 1 is 1.40 bits per heavy atom. The van der Waals surface area contributed by atoms with E-state index in [1.807, 2.05) is 6.92 Å². The molecule has 0 atom stereocenters. The molecule has 0 spiro atoms. The second-order valence-electron chi connectivity index (χ2n) is 4.79. The smallest absolute Gasteiger partial charge is 0.255 e. The monoisotopic (exact) mass is 277 g/mol. The first kappa shape index (κ1) is 14.3. The van der Waals surface area contributed by atoms with Crippen molar-refractivity contribution >= 4 is 11.8 Å². The van der Waals surface area contributed by atoms with Crippen molar-refractivity contribution < 1.29 is 14.3 Å². The molecule has 6 heteroatoms. The fraction of sp³-hybridized carbons (Fsp3) is 0.500. The lowest BCUT2D eigenvalue weighted by Crippen LogP contribution is -2.41. The predicted octanol–water partition coefficient (Wildman–Crippen LogP) is 0.818. The fourth-order valence-corrected chi connectivity index (χ4v) is 2.29. The number of hydrogen-bond donors (Lipinski definition) is 1. The van der Waals surface area contributed by atoms with Crippen molar-refractivity contribution in [2.75, 3.05) is 19.7 Å². The van der Waals surface area contributed by atoms with Crippen molar-refractivity contribution in [1.82, 2.24) is 9.88 Å². The van der Waals surface area contributed by atoms with Gasteiger partial charge in [-0.15, -0.1) is 0 Å². The van der Waals surface area contributed by atoms with Gasteiger partial charge in [-0.3, -0.25) is 9.59 Å². The van der Waals surface area contributed by atoms with Gasteiger partial charge in [0, 0.05) is 31.3 Å². The van der Waals surface area contributed by atoms with Crippen LogP contribution in [0, 0.1) is 5.92 Å². The summed E-state index contributed by atoms with van der Waals surface area (Å²) in [5, 5.41) is 0. The minimum atomic E-state index is -0.278. The zero-order valence-electron chi connectivity index (χ0n) is 11.5. The Bertz CT molecular complexity index is 479. The minimum Gasteiger partial charge on any atom is -0.478 e. The Kier molecular flexibility index (Phi) is 4.55. The molecule has 2 heterocycles. The van der Waals surface area contributed by atoms with E-state index < -0.39 is 0 Å². The number of piperidine rings is 1. The fourth-order valence-electron chi connectivity index (χ4n) is 2.29. The average Bonchev–Trinajstić information content (AvgIpc) is 2.48. The first-order chi connectivity index (χ1) is 9.61. The Morgan fingerprint density at radius 2 is 2.10 bits per heavy atom. The third-order valence-electron chi connectivity index (χ3n) is 3.46. The Balaban J connectivity index is 1.96. The van der Waals surface area contributed by atoms with Crippen molar-refractivity contribution in [3.05, 3.63) is 23.9 Å². The number of rotatable bonds is 4. The van der Waals surface area contributed by atoms with Crippen LogP contribution in [0.1, 0.15) is 30.1 Å². The van der Waals surface area contributed by atoms with Gasteiger partial charge in [-0.1, -0.05) is 0 Å². The summed E-state index contributed by atoms with van der Waals surface area (Å²) in [5.74, 6) is 0.0530. The molecule has 0 radical (unpaired) electrons. The molecule has 0 aromatic carbocycles. The van der Waals surface area contributed by atoms with Crippen LogP contribution >= 0.6 is 0 Å². The van der Waals surface area contributed by atoms with Gasteiger partial charge in [-0.2, -0.15) is 0 Å². The van der Waals surface area contributed by atoms with Crippen LogP contribution in [0.25, 0.3) is 0 Å². The lowest BCUT2D eigenvalue weighted by atomic mass is 9.96. The standard InChI is InChI=1S/C14H19N3O3/c1-2-20-12-4-3-11(9-16-12)14(19)17-7-5-10(6-8-17)13(15)18/h3-4,9-10H,2,5-8H2,1H3,(H2,15,18). The molecule has 0 saturated carbocycles. The molecule has 0 bridgehead atoms. The van der Waals surface area contributed by atoms with E-state index in [0.717, 1.165) is 0 Å². The molecule has 0 unspecified atom stereocenters. The quantitative estimate of drug-likeness (QED) is 0.882. The van der Waals surface area contributed by atoms with Gasteiger partial charge in [-0.25, -0.2) is 4.98 Å². The van der Waals surface area contributed by atoms with E-state index in [0.29, 0.717) is 44.0 Å². The van der Waals surface area contributed by atoms with Gasteiger partial charge < -0.3 is 15.4 Å². The van der Waals surface area contributed by atoms with Crippen LogP contribution in [0.5, 0.6) is 5.88 Å². The van der Waals surface area contributed by atoms with Crippen LogP contribution in [0.4, 0.5) is 0 Å². The van der Waals surface area contributed by atoms with E-state index in [2.05, 4.69) is 4.98 Å². The van der Waals surface area contributed by atoms with Crippen LogP contribution in [-0.2, 0) is 4.79 Å². The number of pyridine rings is 1. The number of hydrogen-bond acceptors (Lipinski definition) is 4. The molecule has 2 rings (SSSR count). The number of carbonyl (C=O) groups is 2. The number of carbonyl (C=O) groups excluding carboxylic acids is 2. The highest BCUT2D eigenvalue weighted by Crippen LogP contribution is 2.19. The summed E-state index contributed by atoms with van der Waals surface area (Å²) in [5.41, 5.74) is 5.81. The van der Waals surface area contributed by atoms with Crippen LogP contribution in [0.2, 0.25) is 0 Å². The van der Waals surface area contributed by atoms with Gasteiger partial charge in [0.15, 0.2) is 0 Å². The first-order valence-corrected chi connectivity index (χ1v) is 6.79. The zero-order chi connectivity index (χ0) is 14.5. The molecule has 1 saturated heterocycles. The third-order valence-corrected chi connectivity index (χ3v) is 3.46. The Hall–Kier alpha value is -2.11. The topological polar surface area (TPSA) is 85.5 Å². The van der Waals surface area contributed by atoms with Gasteiger partial charge in [0.05, 0.1) is 12.2 Å². The SMILES string of the molecule is CCOc1ccc(C(=O)N2CCC(C(N)=O)CC2)cn1. The number of nitrogens with zero attached hydrogens (tertiary/aromatic N) is 2. The van der Waals surface area contributed by atoms with Crippen molar-refractivity contribution in [1.29, 1.82) is 0 Å². The molecule has 2 amide bonds. The molecule has 108 valence electrons. The summed E-state index contributed by atoms with van der Waals surface area (Å²) in [4.78, 5) is 29.2. The maximum Gasteiger partial charge on any atom is 0.255 e. The third kappa shape index (κ3) is 3.26. The van der Waals surface area contributed by atoms with E-state index in [1.165, 1.54) is 6.20 Å². The summed E-state index contributed by atoms with van der Waals surface area (Å²) >= 11 is 0. The number of ether oxygens (including phenoxy) is 1. The number of aromatic nitrogens is 1. The highest BCUT2D eigenvalue weighted by Gasteiger charge is 2.26. The van der Waals surface area contributed by atoms with Gasteiger partial charge in [-0.05, 0) is 25.8 Å². The number of amides is 2. The molecule has 1 aromatic heterocycles. The summed E-state index contributed by atoms with van der Waals surface area (Å²) in [7, 11) is 0. The van der Waals surface area contributed by atoms with Gasteiger partial charge >= 0.3 is 0 Å². The number of primary amides is 1. The summed E-state index contributed by atoms with van der Waals surface area (Å²) in [6, 6.07) is 3.40. The van der Waals surface area contributed by atoms with Crippen molar-refractivity contribution in [3.63, 3.8) is 0 Å². The summed E-state index contributed by atoms with van der Waals surface area (Å²) in [6.07, 6.45) is 2.78. The molecule has 1 aliphatic rings. The maximum atomic E-state index is 12.3. The summed E-state index contributed by atoms with van der Waals surface area (Å²) in [6.45, 7) is 3.53. The van der Waals surface area contributed by atoms with E-state index in [1.54, 1.807) is 17.0 Å². The van der Waals surface area contributed by atoms with E-state index in [-0.39, 0.29) is 17.7 Å². The van der Waals surface area contributed by atoms with Crippen LogP contribution in [0.15, 0.2) is 18.3 Å². The molecule has 1 aliphatic heterocycles. The molecule has 20 heavy (non-hydrogen) atoms. The zero-order valence-corrected chi connectivity index (χ0v) is 11.5. The van der Waals surface area contributed by atoms with Gasteiger partial charge in [0.25, 0.3) is 5.91 Å². The largest absolute Gasteiger partial charge is 0.478 e. The lowest BCUT2D eigenvalue weighted by molar-refractivity contribution is -0.123. The molecule has 6 nitrogen and oxygen atoms in total.